The van der Waals surface area contributed by atoms with E-state index in [1.807, 2.05) is 0 Å². The molecule has 0 aliphatic heterocycles. The Kier molecular flexibility index (Phi) is 6.43. The van der Waals surface area contributed by atoms with Crippen LogP contribution < -0.4 is 5.32 Å². The molecule has 1 amide bonds. The van der Waals surface area contributed by atoms with Crippen LogP contribution in [0, 0.1) is 5.92 Å². The molecule has 0 radical (unpaired) electrons. The first-order valence-electron chi connectivity index (χ1n) is 6.34. The van der Waals surface area contributed by atoms with Crippen molar-refractivity contribution in [2.75, 3.05) is 13.2 Å². The lowest BCUT2D eigenvalue weighted by Gasteiger charge is -2.12. The van der Waals surface area contributed by atoms with Gasteiger partial charge in [0.05, 0.1) is 12.5 Å². The zero-order valence-electron chi connectivity index (χ0n) is 10.6. The molecule has 5 nitrogen and oxygen atoms in total. The molecule has 1 saturated carbocycles. The van der Waals surface area contributed by atoms with Gasteiger partial charge in [-0.05, 0) is 25.7 Å². The van der Waals surface area contributed by atoms with Gasteiger partial charge in [0.15, 0.2) is 0 Å². The number of carbonyl (C=O) groups is 2. The molecule has 18 heavy (non-hydrogen) atoms. The highest BCUT2D eigenvalue weighted by atomic mass is 16.5. The van der Waals surface area contributed by atoms with E-state index < -0.39 is 5.97 Å². The average Bonchev–Trinajstić information content (AvgIpc) is 2.77. The summed E-state index contributed by atoms with van der Waals surface area (Å²) in [6, 6.07) is 0.0210. The zero-order valence-corrected chi connectivity index (χ0v) is 10.6. The van der Waals surface area contributed by atoms with Crippen molar-refractivity contribution in [2.24, 2.45) is 5.92 Å². The Morgan fingerprint density at radius 3 is 2.83 bits per heavy atom. The molecular formula is C13H21NO4. The molecule has 0 saturated heterocycles. The van der Waals surface area contributed by atoms with Crippen molar-refractivity contribution in [3.05, 3.63) is 12.7 Å². The summed E-state index contributed by atoms with van der Waals surface area (Å²) >= 11 is 0. The number of hydrogen-bond donors (Lipinski definition) is 2. The number of carbonyl (C=O) groups excluding carboxylic acids is 1. The standard InChI is InChI=1S/C13H21NO4/c1-2-7-18-8-3-4-12(15)14-11-6-5-10(9-11)13(16)17/h2,10-11H,1,3-9H2,(H,14,15)(H,16,17)/t10-,11+/m1/s1. The third kappa shape index (κ3) is 5.31. The second-order valence-electron chi connectivity index (χ2n) is 4.58. The highest BCUT2D eigenvalue weighted by Crippen LogP contribution is 2.25. The number of nitrogens with one attached hydrogen (secondary N) is 1. The van der Waals surface area contributed by atoms with Gasteiger partial charge in [-0.25, -0.2) is 0 Å². The normalized spacial score (nSPS) is 22.7. The molecule has 0 aromatic heterocycles. The number of rotatable bonds is 8. The van der Waals surface area contributed by atoms with Gasteiger partial charge in [0.2, 0.25) is 5.91 Å². The van der Waals surface area contributed by atoms with Crippen LogP contribution in [0.25, 0.3) is 0 Å². The van der Waals surface area contributed by atoms with Crippen LogP contribution in [0.1, 0.15) is 32.1 Å². The van der Waals surface area contributed by atoms with Crippen molar-refractivity contribution >= 4 is 11.9 Å². The molecule has 0 aromatic carbocycles. The first kappa shape index (κ1) is 14.7. The number of ether oxygens (including phenoxy) is 1. The van der Waals surface area contributed by atoms with E-state index in [1.54, 1.807) is 6.08 Å². The predicted molar refractivity (Wildman–Crippen MR) is 67.2 cm³/mol. The van der Waals surface area contributed by atoms with Crippen LogP contribution in [-0.2, 0) is 14.3 Å². The quantitative estimate of drug-likeness (QED) is 0.507. The van der Waals surface area contributed by atoms with Gasteiger partial charge in [0.1, 0.15) is 0 Å². The van der Waals surface area contributed by atoms with Gasteiger partial charge in [0, 0.05) is 19.1 Å². The van der Waals surface area contributed by atoms with Crippen LogP contribution in [0.4, 0.5) is 0 Å². The van der Waals surface area contributed by atoms with Gasteiger partial charge in [-0.15, -0.1) is 6.58 Å². The molecule has 0 spiro atoms. The van der Waals surface area contributed by atoms with Crippen LogP contribution in [0.15, 0.2) is 12.7 Å². The number of amides is 1. The highest BCUT2D eigenvalue weighted by molar-refractivity contribution is 5.76. The molecule has 0 unspecified atom stereocenters. The lowest BCUT2D eigenvalue weighted by molar-refractivity contribution is -0.141. The molecular weight excluding hydrogens is 234 g/mol. The summed E-state index contributed by atoms with van der Waals surface area (Å²) in [7, 11) is 0. The third-order valence-corrected chi connectivity index (χ3v) is 3.08. The Bertz CT molecular complexity index is 303. The van der Waals surface area contributed by atoms with E-state index in [1.165, 1.54) is 0 Å². The highest BCUT2D eigenvalue weighted by Gasteiger charge is 2.30. The van der Waals surface area contributed by atoms with E-state index in [-0.39, 0.29) is 17.9 Å². The van der Waals surface area contributed by atoms with Gasteiger partial charge >= 0.3 is 5.97 Å². The van der Waals surface area contributed by atoms with E-state index in [9.17, 15) is 9.59 Å². The molecule has 1 fully saturated rings. The first-order chi connectivity index (χ1) is 8.63. The number of hydrogen-bond acceptors (Lipinski definition) is 3. The monoisotopic (exact) mass is 255 g/mol. The smallest absolute Gasteiger partial charge is 0.306 e. The summed E-state index contributed by atoms with van der Waals surface area (Å²) in [5.41, 5.74) is 0. The summed E-state index contributed by atoms with van der Waals surface area (Å²) < 4.78 is 5.18. The molecule has 2 atom stereocenters. The maximum Gasteiger partial charge on any atom is 0.306 e. The van der Waals surface area contributed by atoms with Crippen molar-refractivity contribution in [3.8, 4) is 0 Å². The van der Waals surface area contributed by atoms with Crippen LogP contribution in [0.5, 0.6) is 0 Å². The van der Waals surface area contributed by atoms with Gasteiger partial charge in [-0.1, -0.05) is 6.08 Å². The summed E-state index contributed by atoms with van der Waals surface area (Å²) in [4.78, 5) is 22.3. The molecule has 102 valence electrons. The molecule has 1 rings (SSSR count). The molecule has 0 heterocycles. The SMILES string of the molecule is C=CCOCCCC(=O)N[C@H]1CC[C@@H](C(=O)O)C1. The maximum atomic E-state index is 11.6. The van der Waals surface area contributed by atoms with Crippen molar-refractivity contribution in [2.45, 2.75) is 38.1 Å². The van der Waals surface area contributed by atoms with Crippen LogP contribution in [0.3, 0.4) is 0 Å². The zero-order chi connectivity index (χ0) is 13.4. The Balaban J connectivity index is 2.10. The van der Waals surface area contributed by atoms with E-state index in [0.717, 1.165) is 6.42 Å². The Morgan fingerprint density at radius 1 is 1.44 bits per heavy atom. The minimum atomic E-state index is -0.760. The van der Waals surface area contributed by atoms with E-state index in [2.05, 4.69) is 11.9 Å². The lowest BCUT2D eigenvalue weighted by Crippen LogP contribution is -2.33. The molecule has 2 N–H and O–H groups in total. The molecule has 0 aromatic rings. The largest absolute Gasteiger partial charge is 0.481 e. The molecule has 1 aliphatic carbocycles. The van der Waals surface area contributed by atoms with E-state index >= 15 is 0 Å². The van der Waals surface area contributed by atoms with Gasteiger partial charge in [-0.2, -0.15) is 0 Å². The fourth-order valence-electron chi connectivity index (χ4n) is 2.14. The lowest BCUT2D eigenvalue weighted by atomic mass is 10.1. The third-order valence-electron chi connectivity index (χ3n) is 3.08. The van der Waals surface area contributed by atoms with Crippen molar-refractivity contribution in [1.29, 1.82) is 0 Å². The van der Waals surface area contributed by atoms with Gasteiger partial charge < -0.3 is 15.2 Å². The molecule has 1 aliphatic rings. The van der Waals surface area contributed by atoms with Crippen LogP contribution >= 0.6 is 0 Å². The summed E-state index contributed by atoms with van der Waals surface area (Å²) in [6.45, 7) is 4.58. The second kappa shape index (κ2) is 7.87. The van der Waals surface area contributed by atoms with Crippen molar-refractivity contribution < 1.29 is 19.4 Å². The Morgan fingerprint density at radius 2 is 2.22 bits per heavy atom. The topological polar surface area (TPSA) is 75.6 Å². The van der Waals surface area contributed by atoms with Crippen molar-refractivity contribution in [3.63, 3.8) is 0 Å². The summed E-state index contributed by atoms with van der Waals surface area (Å²) in [5.74, 6) is -1.08. The molecule has 0 bridgehead atoms. The fourth-order valence-corrected chi connectivity index (χ4v) is 2.14. The van der Waals surface area contributed by atoms with Gasteiger partial charge in [-0.3, -0.25) is 9.59 Å². The van der Waals surface area contributed by atoms with Gasteiger partial charge in [0.25, 0.3) is 0 Å². The van der Waals surface area contributed by atoms with E-state index in [4.69, 9.17) is 9.84 Å². The van der Waals surface area contributed by atoms with Crippen LogP contribution in [0.2, 0.25) is 0 Å². The average molecular weight is 255 g/mol. The van der Waals surface area contributed by atoms with Crippen LogP contribution in [-0.4, -0.2) is 36.2 Å². The number of aliphatic carboxylic acids is 1. The Labute approximate surface area is 107 Å². The van der Waals surface area contributed by atoms with Crippen molar-refractivity contribution in [1.82, 2.24) is 5.32 Å². The summed E-state index contributed by atoms with van der Waals surface area (Å²) in [5, 5.41) is 11.7. The Hall–Kier alpha value is -1.36. The maximum absolute atomic E-state index is 11.6. The first-order valence-corrected chi connectivity index (χ1v) is 6.34. The second-order valence-corrected chi connectivity index (χ2v) is 4.58. The minimum absolute atomic E-state index is 0.0201. The fraction of sp³-hybridized carbons (Fsp3) is 0.692. The molecule has 5 heteroatoms. The number of carboxylic acid groups (broad SMARTS) is 1. The van der Waals surface area contributed by atoms with E-state index in [0.29, 0.717) is 38.9 Å². The predicted octanol–water partition coefficient (Wildman–Crippen LogP) is 1.34. The minimum Gasteiger partial charge on any atom is -0.481 e. The number of carboxylic acids is 1. The summed E-state index contributed by atoms with van der Waals surface area (Å²) in [6.07, 6.45) is 4.73.